The number of aromatic nitrogens is 2. The summed E-state index contributed by atoms with van der Waals surface area (Å²) in [6.07, 6.45) is 5.14. The van der Waals surface area contributed by atoms with Crippen molar-refractivity contribution in [3.63, 3.8) is 0 Å². The Morgan fingerprint density at radius 1 is 1.47 bits per heavy atom. The molecule has 1 aromatic rings. The van der Waals surface area contributed by atoms with Crippen LogP contribution in [0, 0.1) is 23.7 Å². The minimum Gasteiger partial charge on any atom is -0.273 e. The van der Waals surface area contributed by atoms with Crippen molar-refractivity contribution >= 4 is 0 Å². The third-order valence-corrected chi connectivity index (χ3v) is 2.52. The van der Waals surface area contributed by atoms with Crippen LogP contribution >= 0.6 is 0 Å². The Morgan fingerprint density at radius 3 is 2.73 bits per heavy atom. The first kappa shape index (κ1) is 11.8. The molecular weight excluding hydrogens is 186 g/mol. The highest BCUT2D eigenvalue weighted by molar-refractivity contribution is 4.94. The summed E-state index contributed by atoms with van der Waals surface area (Å²) in [5.74, 6) is 0. The van der Waals surface area contributed by atoms with E-state index >= 15 is 0 Å². The van der Waals surface area contributed by atoms with Gasteiger partial charge in [-0.2, -0.15) is 10.4 Å². The average Bonchev–Trinajstić information content (AvgIpc) is 2.59. The van der Waals surface area contributed by atoms with Crippen molar-refractivity contribution in [2.24, 2.45) is 5.41 Å². The molecule has 1 heterocycles. The van der Waals surface area contributed by atoms with Crippen LogP contribution < -0.4 is 0 Å². The lowest BCUT2D eigenvalue weighted by Crippen LogP contribution is -2.08. The monoisotopic (exact) mass is 205 g/mol. The van der Waals surface area contributed by atoms with Gasteiger partial charge in [0.15, 0.2) is 0 Å². The Balaban J connectivity index is 2.21. The summed E-state index contributed by atoms with van der Waals surface area (Å²) in [7, 11) is 0. The largest absolute Gasteiger partial charge is 0.273 e. The first-order valence-electron chi connectivity index (χ1n) is 5.45. The number of hydrogen-bond donors (Lipinski definition) is 0. The van der Waals surface area contributed by atoms with Gasteiger partial charge in [-0.05, 0) is 39.7 Å². The van der Waals surface area contributed by atoms with Gasteiger partial charge in [0.2, 0.25) is 0 Å². The van der Waals surface area contributed by atoms with Gasteiger partial charge in [-0.3, -0.25) is 4.68 Å². The van der Waals surface area contributed by atoms with Crippen molar-refractivity contribution in [2.75, 3.05) is 0 Å². The van der Waals surface area contributed by atoms with Gasteiger partial charge >= 0.3 is 0 Å². The van der Waals surface area contributed by atoms with Gasteiger partial charge in [0.25, 0.3) is 0 Å². The zero-order chi connectivity index (χ0) is 11.3. The fourth-order valence-corrected chi connectivity index (χ4v) is 1.48. The minimum absolute atomic E-state index is 0.181. The zero-order valence-electron chi connectivity index (χ0n) is 9.82. The molecular formula is C12H19N3. The molecule has 0 atom stereocenters. The number of hydrogen-bond acceptors (Lipinski definition) is 2. The number of nitriles is 1. The third-order valence-electron chi connectivity index (χ3n) is 2.52. The molecule has 3 nitrogen and oxygen atoms in total. The van der Waals surface area contributed by atoms with E-state index in [0.29, 0.717) is 0 Å². The van der Waals surface area contributed by atoms with Crippen molar-refractivity contribution < 1.29 is 0 Å². The molecule has 0 aliphatic carbocycles. The molecule has 0 aromatic carbocycles. The molecule has 82 valence electrons. The average molecular weight is 205 g/mol. The lowest BCUT2D eigenvalue weighted by Gasteiger charge is -2.14. The van der Waals surface area contributed by atoms with Crippen LogP contribution in [0.5, 0.6) is 0 Å². The summed E-state index contributed by atoms with van der Waals surface area (Å²) in [5.41, 5.74) is 0.882. The summed E-state index contributed by atoms with van der Waals surface area (Å²) < 4.78 is 1.97. The Bertz CT molecular complexity index is 344. The van der Waals surface area contributed by atoms with Gasteiger partial charge in [-0.25, -0.2) is 0 Å². The normalized spacial score (nSPS) is 11.3. The van der Waals surface area contributed by atoms with Crippen molar-refractivity contribution in [2.45, 2.75) is 46.6 Å². The van der Waals surface area contributed by atoms with Crippen LogP contribution in [0.3, 0.4) is 0 Å². The molecule has 1 aromatic heterocycles. The number of nitrogens with zero attached hydrogens (tertiary/aromatic N) is 3. The molecule has 3 heteroatoms. The van der Waals surface area contributed by atoms with Crippen LogP contribution in [0.2, 0.25) is 0 Å². The Kier molecular flexibility index (Phi) is 3.90. The molecule has 0 saturated heterocycles. The van der Waals surface area contributed by atoms with E-state index < -0.39 is 0 Å². The minimum atomic E-state index is -0.181. The van der Waals surface area contributed by atoms with Crippen LogP contribution in [0.4, 0.5) is 0 Å². The lowest BCUT2D eigenvalue weighted by atomic mass is 9.89. The summed E-state index contributed by atoms with van der Waals surface area (Å²) in [6.45, 7) is 6.93. The van der Waals surface area contributed by atoms with E-state index in [0.717, 1.165) is 31.5 Å². The summed E-state index contributed by atoms with van der Waals surface area (Å²) in [5, 5.41) is 13.2. The van der Waals surface area contributed by atoms with E-state index in [4.69, 9.17) is 5.26 Å². The summed E-state index contributed by atoms with van der Waals surface area (Å²) in [6, 6.07) is 4.33. The molecule has 0 unspecified atom stereocenters. The maximum absolute atomic E-state index is 8.85. The first-order valence-corrected chi connectivity index (χ1v) is 5.45. The van der Waals surface area contributed by atoms with E-state index in [1.54, 1.807) is 0 Å². The fraction of sp³-hybridized carbons (Fsp3) is 0.667. The Labute approximate surface area is 91.7 Å². The van der Waals surface area contributed by atoms with Crippen molar-refractivity contribution in [1.29, 1.82) is 5.26 Å². The van der Waals surface area contributed by atoms with E-state index in [1.165, 1.54) is 0 Å². The molecule has 0 amide bonds. The van der Waals surface area contributed by atoms with Gasteiger partial charge in [-0.1, -0.05) is 6.42 Å². The van der Waals surface area contributed by atoms with Crippen LogP contribution in [-0.2, 0) is 6.54 Å². The van der Waals surface area contributed by atoms with Crippen LogP contribution in [-0.4, -0.2) is 9.78 Å². The van der Waals surface area contributed by atoms with Gasteiger partial charge < -0.3 is 0 Å². The van der Waals surface area contributed by atoms with Crippen LogP contribution in [0.1, 0.15) is 38.8 Å². The van der Waals surface area contributed by atoms with Gasteiger partial charge in [0.05, 0.1) is 17.2 Å². The molecule has 0 spiro atoms. The highest BCUT2D eigenvalue weighted by atomic mass is 15.3. The smallest absolute Gasteiger partial charge is 0.0683 e. The van der Waals surface area contributed by atoms with E-state index in [-0.39, 0.29) is 5.41 Å². The predicted molar refractivity (Wildman–Crippen MR) is 60.2 cm³/mol. The molecule has 0 N–H and O–H groups in total. The van der Waals surface area contributed by atoms with E-state index in [1.807, 2.05) is 37.7 Å². The lowest BCUT2D eigenvalue weighted by molar-refractivity contribution is 0.411. The second-order valence-corrected chi connectivity index (χ2v) is 4.67. The van der Waals surface area contributed by atoms with Crippen molar-refractivity contribution in [3.05, 3.63) is 18.0 Å². The zero-order valence-corrected chi connectivity index (χ0v) is 9.82. The molecule has 0 saturated carbocycles. The molecule has 15 heavy (non-hydrogen) atoms. The second kappa shape index (κ2) is 4.97. The number of aryl methyl sites for hydroxylation is 2. The maximum Gasteiger partial charge on any atom is 0.0683 e. The second-order valence-electron chi connectivity index (χ2n) is 4.67. The standard InChI is InChI=1S/C12H19N3/c1-11-6-9-15(14-11)8-5-4-7-12(2,3)10-13/h6,9H,4-5,7-8H2,1-3H3. The van der Waals surface area contributed by atoms with Crippen molar-refractivity contribution in [1.82, 2.24) is 9.78 Å². The SMILES string of the molecule is Cc1ccn(CCCCC(C)(C)C#N)n1. The molecule has 0 fully saturated rings. The van der Waals surface area contributed by atoms with Crippen LogP contribution in [0.25, 0.3) is 0 Å². The first-order chi connectivity index (χ1) is 7.03. The van der Waals surface area contributed by atoms with Crippen LogP contribution in [0.15, 0.2) is 12.3 Å². The van der Waals surface area contributed by atoms with Gasteiger partial charge in [0.1, 0.15) is 0 Å². The Morgan fingerprint density at radius 2 is 2.20 bits per heavy atom. The fourth-order valence-electron chi connectivity index (χ4n) is 1.48. The van der Waals surface area contributed by atoms with E-state index in [9.17, 15) is 0 Å². The Hall–Kier alpha value is -1.30. The summed E-state index contributed by atoms with van der Waals surface area (Å²) in [4.78, 5) is 0. The molecule has 0 aliphatic heterocycles. The highest BCUT2D eigenvalue weighted by Crippen LogP contribution is 2.21. The third kappa shape index (κ3) is 4.16. The molecule has 0 bridgehead atoms. The summed E-state index contributed by atoms with van der Waals surface area (Å²) >= 11 is 0. The molecule has 1 rings (SSSR count). The number of rotatable bonds is 5. The topological polar surface area (TPSA) is 41.6 Å². The van der Waals surface area contributed by atoms with E-state index in [2.05, 4.69) is 11.2 Å². The number of unbranched alkanes of at least 4 members (excludes halogenated alkanes) is 1. The molecule has 0 aliphatic rings. The van der Waals surface area contributed by atoms with Gasteiger partial charge in [0, 0.05) is 12.7 Å². The van der Waals surface area contributed by atoms with Gasteiger partial charge in [-0.15, -0.1) is 0 Å². The molecule has 0 radical (unpaired) electrons. The maximum atomic E-state index is 8.85. The highest BCUT2D eigenvalue weighted by Gasteiger charge is 2.15. The predicted octanol–water partition coefficient (Wildman–Crippen LogP) is 2.91. The quantitative estimate of drug-likeness (QED) is 0.693. The van der Waals surface area contributed by atoms with Crippen molar-refractivity contribution in [3.8, 4) is 6.07 Å².